The Kier molecular flexibility index (Phi) is 5.11. The topological polar surface area (TPSA) is 18.5 Å². The van der Waals surface area contributed by atoms with E-state index in [-0.39, 0.29) is 5.60 Å². The fourth-order valence-electron chi connectivity index (χ4n) is 2.56. The van der Waals surface area contributed by atoms with Crippen LogP contribution in [0.1, 0.15) is 44.9 Å². The second-order valence-electron chi connectivity index (χ2n) is 5.24. The smallest absolute Gasteiger partial charge is 0.0780 e. The number of alkyl halides is 1. The van der Waals surface area contributed by atoms with Crippen molar-refractivity contribution in [2.75, 3.05) is 25.2 Å². The summed E-state index contributed by atoms with van der Waals surface area (Å²) in [6.07, 6.45) is 9.18. The van der Waals surface area contributed by atoms with Crippen molar-refractivity contribution in [2.45, 2.75) is 50.5 Å². The molecule has 0 heterocycles. The van der Waals surface area contributed by atoms with Crippen LogP contribution in [0.4, 0.5) is 0 Å². The molecule has 0 N–H and O–H groups in total. The average molecular weight is 291 g/mol. The second-order valence-corrected chi connectivity index (χ2v) is 5.80. The quantitative estimate of drug-likeness (QED) is 0.528. The van der Waals surface area contributed by atoms with E-state index in [9.17, 15) is 0 Å². The second kappa shape index (κ2) is 6.36. The van der Waals surface area contributed by atoms with Crippen molar-refractivity contribution >= 4 is 15.9 Å². The normalized spacial score (nSPS) is 24.6. The molecule has 94 valence electrons. The van der Waals surface area contributed by atoms with E-state index in [1.165, 1.54) is 44.9 Å². The summed E-state index contributed by atoms with van der Waals surface area (Å²) in [5.41, 5.74) is 0.125. The molecule has 0 saturated heterocycles. The summed E-state index contributed by atoms with van der Waals surface area (Å²) in [6.45, 7) is 2.48. The van der Waals surface area contributed by atoms with Crippen LogP contribution in [-0.4, -0.2) is 30.8 Å². The van der Waals surface area contributed by atoms with Crippen molar-refractivity contribution in [2.24, 2.45) is 5.92 Å². The third kappa shape index (κ3) is 3.44. The highest BCUT2D eigenvalue weighted by molar-refractivity contribution is 9.09. The fourth-order valence-corrected chi connectivity index (χ4v) is 3.29. The molecule has 2 fully saturated rings. The van der Waals surface area contributed by atoms with Gasteiger partial charge in [-0.15, -0.1) is 0 Å². The maximum atomic E-state index is 6.00. The number of hydrogen-bond donors (Lipinski definition) is 0. The van der Waals surface area contributed by atoms with Gasteiger partial charge in [-0.1, -0.05) is 35.2 Å². The number of rotatable bonds is 7. The highest BCUT2D eigenvalue weighted by atomic mass is 79.9. The average Bonchev–Trinajstić information content (AvgIpc) is 2.70. The molecule has 0 aliphatic heterocycles. The van der Waals surface area contributed by atoms with Crippen molar-refractivity contribution in [3.63, 3.8) is 0 Å². The monoisotopic (exact) mass is 290 g/mol. The SMILES string of the molecule is BrCC1(OCCOCC2CCC2)CCCC1. The Morgan fingerprint density at radius 3 is 2.38 bits per heavy atom. The van der Waals surface area contributed by atoms with Crippen molar-refractivity contribution in [3.05, 3.63) is 0 Å². The summed E-state index contributed by atoms with van der Waals surface area (Å²) >= 11 is 3.58. The first-order chi connectivity index (χ1) is 7.85. The Morgan fingerprint density at radius 1 is 1.06 bits per heavy atom. The Balaban J connectivity index is 1.52. The van der Waals surface area contributed by atoms with Crippen LogP contribution in [0, 0.1) is 5.92 Å². The molecule has 2 aliphatic rings. The Bertz CT molecular complexity index is 198. The summed E-state index contributed by atoms with van der Waals surface area (Å²) in [5.74, 6) is 0.844. The van der Waals surface area contributed by atoms with Gasteiger partial charge < -0.3 is 9.47 Å². The van der Waals surface area contributed by atoms with Crippen LogP contribution in [0.25, 0.3) is 0 Å². The minimum Gasteiger partial charge on any atom is -0.379 e. The third-order valence-electron chi connectivity index (χ3n) is 3.97. The van der Waals surface area contributed by atoms with Crippen LogP contribution in [-0.2, 0) is 9.47 Å². The molecule has 0 atom stereocenters. The van der Waals surface area contributed by atoms with Crippen LogP contribution in [0.3, 0.4) is 0 Å². The Hall–Kier alpha value is 0.400. The molecule has 2 aliphatic carbocycles. The van der Waals surface area contributed by atoms with Crippen LogP contribution >= 0.6 is 15.9 Å². The zero-order valence-corrected chi connectivity index (χ0v) is 11.6. The lowest BCUT2D eigenvalue weighted by Gasteiger charge is -2.28. The lowest BCUT2D eigenvalue weighted by molar-refractivity contribution is -0.0552. The van der Waals surface area contributed by atoms with Crippen LogP contribution in [0.15, 0.2) is 0 Å². The van der Waals surface area contributed by atoms with Crippen molar-refractivity contribution in [3.8, 4) is 0 Å². The molecular weight excluding hydrogens is 268 g/mol. The minimum absolute atomic E-state index is 0.125. The van der Waals surface area contributed by atoms with Gasteiger partial charge >= 0.3 is 0 Å². The predicted molar refractivity (Wildman–Crippen MR) is 69.1 cm³/mol. The van der Waals surface area contributed by atoms with Gasteiger partial charge in [0.25, 0.3) is 0 Å². The molecule has 16 heavy (non-hydrogen) atoms. The maximum Gasteiger partial charge on any atom is 0.0780 e. The Labute approximate surface area is 107 Å². The molecule has 0 aromatic rings. The summed E-state index contributed by atoms with van der Waals surface area (Å²) in [6, 6.07) is 0. The predicted octanol–water partition coefficient (Wildman–Crippen LogP) is 3.53. The molecule has 0 bridgehead atoms. The van der Waals surface area contributed by atoms with E-state index in [0.717, 1.165) is 31.1 Å². The molecule has 0 spiro atoms. The zero-order valence-electron chi connectivity index (χ0n) is 10.0. The highest BCUT2D eigenvalue weighted by Crippen LogP contribution is 2.34. The van der Waals surface area contributed by atoms with Crippen molar-refractivity contribution in [1.29, 1.82) is 0 Å². The van der Waals surface area contributed by atoms with E-state index in [1.807, 2.05) is 0 Å². The molecule has 0 aromatic carbocycles. The van der Waals surface area contributed by atoms with Gasteiger partial charge in [0, 0.05) is 11.9 Å². The minimum atomic E-state index is 0.125. The first-order valence-electron chi connectivity index (χ1n) is 6.62. The van der Waals surface area contributed by atoms with E-state index in [2.05, 4.69) is 15.9 Å². The van der Waals surface area contributed by atoms with Crippen molar-refractivity contribution < 1.29 is 9.47 Å². The van der Waals surface area contributed by atoms with E-state index < -0.39 is 0 Å². The van der Waals surface area contributed by atoms with E-state index in [0.29, 0.717) is 0 Å². The molecule has 2 nitrogen and oxygen atoms in total. The van der Waals surface area contributed by atoms with Gasteiger partial charge in [-0.2, -0.15) is 0 Å². The van der Waals surface area contributed by atoms with Crippen LogP contribution < -0.4 is 0 Å². The summed E-state index contributed by atoms with van der Waals surface area (Å²) < 4.78 is 11.6. The standard InChI is InChI=1S/C13H23BrO2/c14-11-13(6-1-2-7-13)16-9-8-15-10-12-4-3-5-12/h12H,1-11H2. The third-order valence-corrected chi connectivity index (χ3v) is 4.99. The molecular formula is C13H23BrO2. The molecule has 3 heteroatoms. The van der Waals surface area contributed by atoms with Crippen LogP contribution in [0.2, 0.25) is 0 Å². The maximum absolute atomic E-state index is 6.00. The first-order valence-corrected chi connectivity index (χ1v) is 7.74. The molecule has 2 rings (SSSR count). The zero-order chi connectivity index (χ0) is 11.3. The molecule has 0 amide bonds. The van der Waals surface area contributed by atoms with Crippen LogP contribution in [0.5, 0.6) is 0 Å². The van der Waals surface area contributed by atoms with Gasteiger partial charge in [-0.05, 0) is 31.6 Å². The van der Waals surface area contributed by atoms with Gasteiger partial charge in [-0.25, -0.2) is 0 Å². The van der Waals surface area contributed by atoms with Gasteiger partial charge in [0.15, 0.2) is 0 Å². The first kappa shape index (κ1) is 12.8. The summed E-state index contributed by atoms with van der Waals surface area (Å²) in [4.78, 5) is 0. The van der Waals surface area contributed by atoms with Gasteiger partial charge in [0.1, 0.15) is 0 Å². The largest absolute Gasteiger partial charge is 0.379 e. The molecule has 2 saturated carbocycles. The number of hydrogen-bond acceptors (Lipinski definition) is 2. The summed E-state index contributed by atoms with van der Waals surface area (Å²) in [5, 5.41) is 0.975. The number of halogens is 1. The molecule has 0 unspecified atom stereocenters. The lowest BCUT2D eigenvalue weighted by Crippen LogP contribution is -2.32. The number of ether oxygens (including phenoxy) is 2. The van der Waals surface area contributed by atoms with E-state index in [1.54, 1.807) is 0 Å². The van der Waals surface area contributed by atoms with E-state index in [4.69, 9.17) is 9.47 Å². The fraction of sp³-hybridized carbons (Fsp3) is 1.00. The lowest BCUT2D eigenvalue weighted by atomic mass is 9.86. The molecule has 0 aromatic heterocycles. The molecule has 0 radical (unpaired) electrons. The summed E-state index contributed by atoms with van der Waals surface area (Å²) in [7, 11) is 0. The van der Waals surface area contributed by atoms with Gasteiger partial charge in [0.2, 0.25) is 0 Å². The van der Waals surface area contributed by atoms with Crippen molar-refractivity contribution in [1.82, 2.24) is 0 Å². The van der Waals surface area contributed by atoms with E-state index >= 15 is 0 Å². The Morgan fingerprint density at radius 2 is 1.81 bits per heavy atom. The van der Waals surface area contributed by atoms with Gasteiger partial charge in [-0.3, -0.25) is 0 Å². The highest BCUT2D eigenvalue weighted by Gasteiger charge is 2.33. The van der Waals surface area contributed by atoms with Gasteiger partial charge in [0.05, 0.1) is 18.8 Å².